The van der Waals surface area contributed by atoms with Crippen molar-refractivity contribution >= 4 is 23.2 Å². The number of benzene rings is 1. The second-order valence-corrected chi connectivity index (χ2v) is 7.01. The Bertz CT molecular complexity index is 857. The molecule has 1 fully saturated rings. The van der Waals surface area contributed by atoms with Crippen LogP contribution in [0.3, 0.4) is 0 Å². The van der Waals surface area contributed by atoms with Crippen LogP contribution < -0.4 is 4.90 Å². The van der Waals surface area contributed by atoms with Gasteiger partial charge in [0.15, 0.2) is 0 Å². The topological polar surface area (TPSA) is 34.5 Å². The van der Waals surface area contributed by atoms with Gasteiger partial charge in [0.25, 0.3) is 5.91 Å². The molecule has 3 heterocycles. The summed E-state index contributed by atoms with van der Waals surface area (Å²) >= 11 is 0. The Kier molecular flexibility index (Phi) is 4.00. The van der Waals surface area contributed by atoms with E-state index < -0.39 is 0 Å². The van der Waals surface area contributed by atoms with Gasteiger partial charge in [0.2, 0.25) is 0 Å². The quantitative estimate of drug-likeness (QED) is 0.799. The van der Waals surface area contributed by atoms with E-state index in [9.17, 15) is 4.79 Å². The van der Waals surface area contributed by atoms with E-state index in [1.807, 2.05) is 37.4 Å². The molecule has 2 aromatic rings. The lowest BCUT2D eigenvalue weighted by atomic mass is 10.0. The first-order chi connectivity index (χ1) is 12.1. The molecular weight excluding hydrogens is 312 g/mol. The number of aromatic nitrogens is 1. The fourth-order valence-electron chi connectivity index (χ4n) is 3.94. The SMILES string of the molecule is Cc1cc(/C=C2/C(=O)N(C)c3ccccc32)c(C)n1C[C@H]1CCCO1. The maximum absolute atomic E-state index is 12.7. The van der Waals surface area contributed by atoms with Crippen molar-refractivity contribution in [1.82, 2.24) is 4.57 Å². The van der Waals surface area contributed by atoms with Gasteiger partial charge in [-0.25, -0.2) is 0 Å². The summed E-state index contributed by atoms with van der Waals surface area (Å²) in [5, 5.41) is 0. The number of nitrogens with zero attached hydrogens (tertiary/aromatic N) is 2. The van der Waals surface area contributed by atoms with Crippen LogP contribution in [0.1, 0.15) is 35.4 Å². The van der Waals surface area contributed by atoms with Gasteiger partial charge in [-0.1, -0.05) is 18.2 Å². The molecule has 0 spiro atoms. The van der Waals surface area contributed by atoms with E-state index in [2.05, 4.69) is 24.5 Å². The molecule has 1 aromatic heterocycles. The molecule has 4 rings (SSSR count). The highest BCUT2D eigenvalue weighted by Gasteiger charge is 2.29. The Hall–Kier alpha value is -2.33. The molecular formula is C21H24N2O2. The summed E-state index contributed by atoms with van der Waals surface area (Å²) in [6.45, 7) is 6.02. The van der Waals surface area contributed by atoms with Crippen LogP contribution in [0.25, 0.3) is 11.6 Å². The molecule has 1 atom stereocenters. The average Bonchev–Trinajstić information content (AvgIpc) is 3.28. The number of carbonyl (C=O) groups excluding carboxylic acids is 1. The second-order valence-electron chi connectivity index (χ2n) is 7.01. The molecule has 130 valence electrons. The minimum absolute atomic E-state index is 0.0603. The van der Waals surface area contributed by atoms with Crippen LogP contribution in [-0.4, -0.2) is 30.2 Å². The van der Waals surface area contributed by atoms with E-state index in [1.54, 1.807) is 4.90 Å². The van der Waals surface area contributed by atoms with Crippen molar-refractivity contribution in [1.29, 1.82) is 0 Å². The number of likely N-dealkylation sites (N-methyl/N-ethyl adjacent to an activating group) is 1. The van der Waals surface area contributed by atoms with Crippen molar-refractivity contribution in [3.05, 3.63) is 52.8 Å². The number of ether oxygens (including phenoxy) is 1. The lowest BCUT2D eigenvalue weighted by Crippen LogP contribution is -2.20. The molecule has 0 aliphatic carbocycles. The number of hydrogen-bond donors (Lipinski definition) is 0. The summed E-state index contributed by atoms with van der Waals surface area (Å²) in [5.74, 6) is 0.0603. The number of hydrogen-bond acceptors (Lipinski definition) is 2. The summed E-state index contributed by atoms with van der Waals surface area (Å²) in [6, 6.07) is 10.1. The van der Waals surface area contributed by atoms with Crippen LogP contribution in [0.4, 0.5) is 5.69 Å². The predicted molar refractivity (Wildman–Crippen MR) is 101 cm³/mol. The standard InChI is InChI=1S/C21H24N2O2/c1-14-11-16(15(2)23(14)13-17-7-6-10-25-17)12-19-18-8-4-5-9-20(18)22(3)21(19)24/h4-5,8-9,11-12,17H,6-7,10,13H2,1-3H3/b19-12+/t17-/m1/s1. The maximum Gasteiger partial charge on any atom is 0.258 e. The molecule has 1 saturated heterocycles. The number of carbonyl (C=O) groups is 1. The van der Waals surface area contributed by atoms with Crippen molar-refractivity contribution in [2.24, 2.45) is 0 Å². The van der Waals surface area contributed by atoms with Gasteiger partial charge in [0, 0.05) is 42.7 Å². The first-order valence-corrected chi connectivity index (χ1v) is 8.93. The van der Waals surface area contributed by atoms with Gasteiger partial charge < -0.3 is 14.2 Å². The van der Waals surface area contributed by atoms with E-state index >= 15 is 0 Å². The summed E-state index contributed by atoms with van der Waals surface area (Å²) < 4.78 is 8.11. The third-order valence-electron chi connectivity index (χ3n) is 5.41. The van der Waals surface area contributed by atoms with E-state index in [0.717, 1.165) is 48.4 Å². The Morgan fingerprint density at radius 3 is 2.84 bits per heavy atom. The number of anilines is 1. The zero-order valence-electron chi connectivity index (χ0n) is 15.1. The zero-order valence-corrected chi connectivity index (χ0v) is 15.1. The van der Waals surface area contributed by atoms with Crippen LogP contribution in [-0.2, 0) is 16.1 Å². The summed E-state index contributed by atoms with van der Waals surface area (Å²) in [7, 11) is 1.84. The summed E-state index contributed by atoms with van der Waals surface area (Å²) in [6.07, 6.45) is 4.63. The highest BCUT2D eigenvalue weighted by Crippen LogP contribution is 2.37. The lowest BCUT2D eigenvalue weighted by Gasteiger charge is -2.14. The molecule has 0 N–H and O–H groups in total. The first-order valence-electron chi connectivity index (χ1n) is 8.93. The van der Waals surface area contributed by atoms with Gasteiger partial charge in [0.1, 0.15) is 0 Å². The van der Waals surface area contributed by atoms with Crippen LogP contribution in [0, 0.1) is 13.8 Å². The Morgan fingerprint density at radius 2 is 2.08 bits per heavy atom. The molecule has 0 saturated carbocycles. The first kappa shape index (κ1) is 16.2. The predicted octanol–water partition coefficient (Wildman–Crippen LogP) is 3.80. The van der Waals surface area contributed by atoms with Crippen molar-refractivity contribution in [2.75, 3.05) is 18.6 Å². The van der Waals surface area contributed by atoms with Gasteiger partial charge >= 0.3 is 0 Å². The van der Waals surface area contributed by atoms with Crippen LogP contribution in [0.15, 0.2) is 30.3 Å². The number of rotatable bonds is 3. The third kappa shape index (κ3) is 2.71. The fraction of sp³-hybridized carbons (Fsp3) is 0.381. The van der Waals surface area contributed by atoms with Crippen molar-refractivity contribution in [3.8, 4) is 0 Å². The van der Waals surface area contributed by atoms with E-state index in [0.29, 0.717) is 6.10 Å². The monoisotopic (exact) mass is 336 g/mol. The van der Waals surface area contributed by atoms with E-state index in [-0.39, 0.29) is 5.91 Å². The van der Waals surface area contributed by atoms with Gasteiger partial charge in [-0.15, -0.1) is 0 Å². The average molecular weight is 336 g/mol. The highest BCUT2D eigenvalue weighted by molar-refractivity contribution is 6.35. The highest BCUT2D eigenvalue weighted by atomic mass is 16.5. The molecule has 1 aromatic carbocycles. The molecule has 0 bridgehead atoms. The molecule has 0 radical (unpaired) electrons. The number of fused-ring (bicyclic) bond motifs is 1. The van der Waals surface area contributed by atoms with Crippen molar-refractivity contribution < 1.29 is 9.53 Å². The van der Waals surface area contributed by atoms with Crippen LogP contribution >= 0.6 is 0 Å². The van der Waals surface area contributed by atoms with E-state index in [1.165, 1.54) is 11.4 Å². The molecule has 4 heteroatoms. The van der Waals surface area contributed by atoms with Crippen LogP contribution in [0.5, 0.6) is 0 Å². The maximum atomic E-state index is 12.7. The van der Waals surface area contributed by atoms with Gasteiger partial charge in [0.05, 0.1) is 11.8 Å². The second kappa shape index (κ2) is 6.19. The zero-order chi connectivity index (χ0) is 17.6. The molecule has 25 heavy (non-hydrogen) atoms. The fourth-order valence-corrected chi connectivity index (χ4v) is 3.94. The third-order valence-corrected chi connectivity index (χ3v) is 5.41. The number of aryl methyl sites for hydroxylation is 1. The Morgan fingerprint density at radius 1 is 1.28 bits per heavy atom. The smallest absolute Gasteiger partial charge is 0.258 e. The van der Waals surface area contributed by atoms with Gasteiger partial charge in [-0.3, -0.25) is 4.79 Å². The Labute approximate surface area is 148 Å². The van der Waals surface area contributed by atoms with Crippen molar-refractivity contribution in [2.45, 2.75) is 39.3 Å². The lowest BCUT2D eigenvalue weighted by molar-refractivity contribution is -0.112. The van der Waals surface area contributed by atoms with E-state index in [4.69, 9.17) is 4.74 Å². The largest absolute Gasteiger partial charge is 0.376 e. The minimum atomic E-state index is 0.0603. The number of para-hydroxylation sites is 1. The Balaban J connectivity index is 1.71. The van der Waals surface area contributed by atoms with Gasteiger partial charge in [-0.2, -0.15) is 0 Å². The minimum Gasteiger partial charge on any atom is -0.376 e. The normalized spacial score (nSPS) is 21.4. The molecule has 4 nitrogen and oxygen atoms in total. The van der Waals surface area contributed by atoms with Crippen molar-refractivity contribution in [3.63, 3.8) is 0 Å². The molecule has 1 amide bonds. The summed E-state index contributed by atoms with van der Waals surface area (Å²) in [4.78, 5) is 14.4. The molecule has 2 aliphatic heterocycles. The molecule has 2 aliphatic rings. The summed E-state index contributed by atoms with van der Waals surface area (Å²) in [5.41, 5.74) is 6.29. The number of amides is 1. The molecule has 0 unspecified atom stereocenters. The van der Waals surface area contributed by atoms with Gasteiger partial charge in [-0.05, 0) is 50.5 Å². The van der Waals surface area contributed by atoms with Crippen LogP contribution in [0.2, 0.25) is 0 Å².